The number of nitrogens with zero attached hydrogens (tertiary/aromatic N) is 1. The van der Waals surface area contributed by atoms with Crippen LogP contribution in [0.1, 0.15) is 58.8 Å². The standard InChI is InChI=1S/C16H29NO2/c1-3-5-13-6-4-7-14(9-8-13)17-10-12(2)15(11-17)16(18)19/h12-15H,3-11H2,1-2H3,(H,18,19). The van der Waals surface area contributed by atoms with Crippen LogP contribution in [-0.2, 0) is 4.79 Å². The average Bonchev–Trinajstić information content (AvgIpc) is 2.60. The fraction of sp³-hybridized carbons (Fsp3) is 0.938. The lowest BCUT2D eigenvalue weighted by Crippen LogP contribution is -2.33. The van der Waals surface area contributed by atoms with E-state index in [0.29, 0.717) is 12.0 Å². The molecule has 4 atom stereocenters. The molecule has 0 amide bonds. The van der Waals surface area contributed by atoms with E-state index in [1.807, 2.05) is 0 Å². The van der Waals surface area contributed by atoms with Gasteiger partial charge in [0, 0.05) is 19.1 Å². The first-order valence-electron chi connectivity index (χ1n) is 8.08. The number of carbonyl (C=O) groups is 1. The van der Waals surface area contributed by atoms with Gasteiger partial charge >= 0.3 is 5.97 Å². The third-order valence-electron chi connectivity index (χ3n) is 5.23. The lowest BCUT2D eigenvalue weighted by molar-refractivity contribution is -0.142. The molecule has 110 valence electrons. The second kappa shape index (κ2) is 6.74. The summed E-state index contributed by atoms with van der Waals surface area (Å²) in [7, 11) is 0. The van der Waals surface area contributed by atoms with Gasteiger partial charge in [0.1, 0.15) is 0 Å². The Balaban J connectivity index is 1.87. The number of rotatable bonds is 4. The minimum Gasteiger partial charge on any atom is -0.481 e. The average molecular weight is 267 g/mol. The van der Waals surface area contributed by atoms with Crippen molar-refractivity contribution in [2.24, 2.45) is 17.8 Å². The van der Waals surface area contributed by atoms with Gasteiger partial charge in [0.05, 0.1) is 5.92 Å². The van der Waals surface area contributed by atoms with E-state index in [1.54, 1.807) is 0 Å². The van der Waals surface area contributed by atoms with E-state index in [2.05, 4.69) is 18.7 Å². The quantitative estimate of drug-likeness (QED) is 0.794. The number of hydrogen-bond acceptors (Lipinski definition) is 2. The molecule has 0 radical (unpaired) electrons. The molecule has 4 unspecified atom stereocenters. The molecule has 3 nitrogen and oxygen atoms in total. The van der Waals surface area contributed by atoms with Gasteiger partial charge in [-0.05, 0) is 31.1 Å². The van der Waals surface area contributed by atoms with E-state index in [9.17, 15) is 9.90 Å². The van der Waals surface area contributed by atoms with Crippen LogP contribution >= 0.6 is 0 Å². The SMILES string of the molecule is CCCC1CCCC(N2CC(C)C(C(=O)O)C2)CC1. The lowest BCUT2D eigenvalue weighted by atomic mass is 9.95. The van der Waals surface area contributed by atoms with Crippen molar-refractivity contribution in [3.8, 4) is 0 Å². The summed E-state index contributed by atoms with van der Waals surface area (Å²) in [6.07, 6.45) is 9.30. The number of carboxylic acids is 1. The maximum Gasteiger partial charge on any atom is 0.308 e. The molecule has 1 saturated heterocycles. The minimum absolute atomic E-state index is 0.144. The molecule has 19 heavy (non-hydrogen) atoms. The Bertz CT molecular complexity index is 305. The molecular weight excluding hydrogens is 238 g/mol. The molecule has 0 bridgehead atoms. The third-order valence-corrected chi connectivity index (χ3v) is 5.23. The van der Waals surface area contributed by atoms with Gasteiger partial charge in [-0.2, -0.15) is 0 Å². The van der Waals surface area contributed by atoms with Crippen LogP contribution in [0.3, 0.4) is 0 Å². The molecule has 2 aliphatic rings. The molecule has 2 rings (SSSR count). The predicted octanol–water partition coefficient (Wildman–Crippen LogP) is 3.39. The summed E-state index contributed by atoms with van der Waals surface area (Å²) < 4.78 is 0. The van der Waals surface area contributed by atoms with Crippen molar-refractivity contribution in [1.29, 1.82) is 0 Å². The van der Waals surface area contributed by atoms with Crippen LogP contribution in [0.4, 0.5) is 0 Å². The van der Waals surface area contributed by atoms with Crippen molar-refractivity contribution in [3.63, 3.8) is 0 Å². The number of carboxylic acid groups (broad SMARTS) is 1. The monoisotopic (exact) mass is 267 g/mol. The highest BCUT2D eigenvalue weighted by molar-refractivity contribution is 5.71. The summed E-state index contributed by atoms with van der Waals surface area (Å²) in [5.74, 6) is 0.486. The van der Waals surface area contributed by atoms with Gasteiger partial charge in [-0.1, -0.05) is 39.5 Å². The van der Waals surface area contributed by atoms with Crippen molar-refractivity contribution >= 4 is 5.97 Å². The first-order chi connectivity index (χ1) is 9.11. The van der Waals surface area contributed by atoms with Crippen LogP contribution in [0, 0.1) is 17.8 Å². The zero-order valence-electron chi connectivity index (χ0n) is 12.5. The Morgan fingerprint density at radius 3 is 2.63 bits per heavy atom. The first-order valence-corrected chi connectivity index (χ1v) is 8.08. The molecule has 0 spiro atoms. The summed E-state index contributed by atoms with van der Waals surface area (Å²) in [6, 6.07) is 0.647. The van der Waals surface area contributed by atoms with Crippen LogP contribution < -0.4 is 0 Å². The van der Waals surface area contributed by atoms with Gasteiger partial charge in [-0.3, -0.25) is 9.69 Å². The predicted molar refractivity (Wildman–Crippen MR) is 77.1 cm³/mol. The topological polar surface area (TPSA) is 40.5 Å². The highest BCUT2D eigenvalue weighted by Gasteiger charge is 2.37. The molecule has 3 heteroatoms. The van der Waals surface area contributed by atoms with Crippen LogP contribution in [0.15, 0.2) is 0 Å². The van der Waals surface area contributed by atoms with Gasteiger partial charge in [0.15, 0.2) is 0 Å². The van der Waals surface area contributed by atoms with Crippen molar-refractivity contribution < 1.29 is 9.90 Å². The Morgan fingerprint density at radius 1 is 1.21 bits per heavy atom. The summed E-state index contributed by atoms with van der Waals surface area (Å²) in [6.45, 7) is 6.14. The van der Waals surface area contributed by atoms with Gasteiger partial charge in [-0.15, -0.1) is 0 Å². The largest absolute Gasteiger partial charge is 0.481 e. The molecule has 0 aromatic rings. The van der Waals surface area contributed by atoms with Crippen molar-refractivity contribution in [2.75, 3.05) is 13.1 Å². The van der Waals surface area contributed by atoms with Crippen molar-refractivity contribution in [3.05, 3.63) is 0 Å². The second-order valence-electron chi connectivity index (χ2n) is 6.69. The molecule has 1 aliphatic heterocycles. The van der Waals surface area contributed by atoms with Gasteiger partial charge in [-0.25, -0.2) is 0 Å². The Kier molecular flexibility index (Phi) is 5.26. The Hall–Kier alpha value is -0.570. The highest BCUT2D eigenvalue weighted by atomic mass is 16.4. The van der Waals surface area contributed by atoms with Crippen molar-refractivity contribution in [1.82, 2.24) is 4.90 Å². The van der Waals surface area contributed by atoms with Gasteiger partial charge in [0.2, 0.25) is 0 Å². The summed E-state index contributed by atoms with van der Waals surface area (Å²) in [5, 5.41) is 9.24. The second-order valence-corrected chi connectivity index (χ2v) is 6.69. The maximum absolute atomic E-state index is 11.2. The number of aliphatic carboxylic acids is 1. The van der Waals surface area contributed by atoms with Crippen LogP contribution in [0.2, 0.25) is 0 Å². The zero-order valence-corrected chi connectivity index (χ0v) is 12.5. The zero-order chi connectivity index (χ0) is 13.8. The fourth-order valence-corrected chi connectivity index (χ4v) is 4.04. The molecule has 2 fully saturated rings. The highest BCUT2D eigenvalue weighted by Crippen LogP contribution is 2.33. The molecule has 1 saturated carbocycles. The molecule has 0 aromatic carbocycles. The molecule has 1 heterocycles. The number of likely N-dealkylation sites (tertiary alicyclic amines) is 1. The number of hydrogen-bond donors (Lipinski definition) is 1. The Labute approximate surface area is 117 Å². The van der Waals surface area contributed by atoms with E-state index in [0.717, 1.165) is 19.0 Å². The maximum atomic E-state index is 11.2. The smallest absolute Gasteiger partial charge is 0.308 e. The van der Waals surface area contributed by atoms with Crippen LogP contribution in [0.25, 0.3) is 0 Å². The van der Waals surface area contributed by atoms with Gasteiger partial charge in [0.25, 0.3) is 0 Å². The summed E-state index contributed by atoms with van der Waals surface area (Å²) in [4.78, 5) is 13.7. The van der Waals surface area contributed by atoms with Gasteiger partial charge < -0.3 is 5.11 Å². The normalized spacial score (nSPS) is 37.2. The minimum atomic E-state index is -0.604. The van der Waals surface area contributed by atoms with E-state index in [4.69, 9.17) is 0 Å². The van der Waals surface area contributed by atoms with Crippen molar-refractivity contribution in [2.45, 2.75) is 64.8 Å². The van der Waals surface area contributed by atoms with E-state index in [-0.39, 0.29) is 5.92 Å². The molecule has 1 aliphatic carbocycles. The van der Waals surface area contributed by atoms with E-state index < -0.39 is 5.97 Å². The summed E-state index contributed by atoms with van der Waals surface area (Å²) >= 11 is 0. The molecule has 1 N–H and O–H groups in total. The van der Waals surface area contributed by atoms with E-state index >= 15 is 0 Å². The van der Waals surface area contributed by atoms with E-state index in [1.165, 1.54) is 44.9 Å². The fourth-order valence-electron chi connectivity index (χ4n) is 4.04. The molecule has 0 aromatic heterocycles. The molecular formula is C16H29NO2. The lowest BCUT2D eigenvalue weighted by Gasteiger charge is -2.26. The first kappa shape index (κ1) is 14.8. The third kappa shape index (κ3) is 3.71. The van der Waals surface area contributed by atoms with Crippen LogP contribution in [0.5, 0.6) is 0 Å². The Morgan fingerprint density at radius 2 is 2.00 bits per heavy atom. The van der Waals surface area contributed by atoms with Crippen LogP contribution in [-0.4, -0.2) is 35.1 Å². The summed E-state index contributed by atoms with van der Waals surface area (Å²) in [5.41, 5.74) is 0.